The minimum Gasteiger partial charge on any atom is -0.390 e. The number of benzene rings is 1. The van der Waals surface area contributed by atoms with Crippen LogP contribution in [0.2, 0.25) is 0 Å². The van der Waals surface area contributed by atoms with Crippen molar-refractivity contribution in [1.82, 2.24) is 4.31 Å². The lowest BCUT2D eigenvalue weighted by Crippen LogP contribution is -2.33. The van der Waals surface area contributed by atoms with Gasteiger partial charge in [-0.2, -0.15) is 4.31 Å². The summed E-state index contributed by atoms with van der Waals surface area (Å²) in [7, 11) is -3.69. The van der Waals surface area contributed by atoms with Crippen molar-refractivity contribution in [2.45, 2.75) is 43.6 Å². The molecule has 0 aromatic heterocycles. The van der Waals surface area contributed by atoms with Gasteiger partial charge in [-0.3, -0.25) is 0 Å². The normalized spacial score (nSPS) is 25.4. The Hall–Kier alpha value is -0.980. The van der Waals surface area contributed by atoms with Gasteiger partial charge in [0.25, 0.3) is 0 Å². The number of nitrogens with zero attached hydrogens (tertiary/aromatic N) is 1. The summed E-state index contributed by atoms with van der Waals surface area (Å²) in [5.41, 5.74) is -0.411. The van der Waals surface area contributed by atoms with Gasteiger partial charge in [-0.25, -0.2) is 12.8 Å². The fourth-order valence-electron chi connectivity index (χ4n) is 2.36. The van der Waals surface area contributed by atoms with Gasteiger partial charge in [0.2, 0.25) is 10.0 Å². The third-order valence-corrected chi connectivity index (χ3v) is 5.70. The largest absolute Gasteiger partial charge is 0.390 e. The van der Waals surface area contributed by atoms with Crippen molar-refractivity contribution in [3.63, 3.8) is 0 Å². The molecule has 6 heteroatoms. The van der Waals surface area contributed by atoms with Gasteiger partial charge in [0.1, 0.15) is 5.82 Å². The Bertz CT molecular complexity index is 598. The fourth-order valence-corrected chi connectivity index (χ4v) is 3.85. The summed E-state index contributed by atoms with van der Waals surface area (Å²) in [6.45, 7) is 3.92. The molecule has 4 nitrogen and oxygen atoms in total. The molecule has 1 fully saturated rings. The van der Waals surface area contributed by atoms with E-state index in [1.807, 2.05) is 0 Å². The van der Waals surface area contributed by atoms with E-state index in [0.717, 1.165) is 6.07 Å². The van der Waals surface area contributed by atoms with Gasteiger partial charge >= 0.3 is 0 Å². The average Bonchev–Trinajstić information content (AvgIpc) is 2.54. The second-order valence-corrected chi connectivity index (χ2v) is 7.60. The summed E-state index contributed by atoms with van der Waals surface area (Å²) >= 11 is 0. The summed E-state index contributed by atoms with van der Waals surface area (Å²) < 4.78 is 39.9. The van der Waals surface area contributed by atoms with Crippen molar-refractivity contribution in [3.8, 4) is 0 Å². The number of hydrogen-bond donors (Lipinski definition) is 1. The molecule has 1 aromatic rings. The van der Waals surface area contributed by atoms with Crippen LogP contribution in [0.3, 0.4) is 0 Å². The summed E-state index contributed by atoms with van der Waals surface area (Å²) in [5, 5.41) is 10.0. The van der Waals surface area contributed by atoms with Crippen molar-refractivity contribution in [3.05, 3.63) is 29.6 Å². The van der Waals surface area contributed by atoms with E-state index in [2.05, 4.69) is 0 Å². The zero-order chi connectivity index (χ0) is 15.0. The highest BCUT2D eigenvalue weighted by Gasteiger charge is 2.31. The predicted molar refractivity (Wildman–Crippen MR) is 74.4 cm³/mol. The molecule has 1 aromatic carbocycles. The van der Waals surface area contributed by atoms with Crippen molar-refractivity contribution in [1.29, 1.82) is 0 Å². The first kappa shape index (κ1) is 15.4. The molecular weight excluding hydrogens is 281 g/mol. The highest BCUT2D eigenvalue weighted by Crippen LogP contribution is 2.26. The van der Waals surface area contributed by atoms with Crippen molar-refractivity contribution in [2.24, 2.45) is 0 Å². The molecule has 1 aliphatic heterocycles. The molecule has 20 heavy (non-hydrogen) atoms. The van der Waals surface area contributed by atoms with Crippen molar-refractivity contribution < 1.29 is 17.9 Å². The number of halogens is 1. The van der Waals surface area contributed by atoms with E-state index in [1.165, 1.54) is 16.4 Å². The Kier molecular flexibility index (Phi) is 4.18. The van der Waals surface area contributed by atoms with Crippen LogP contribution >= 0.6 is 0 Å². The van der Waals surface area contributed by atoms with Crippen LogP contribution in [0.25, 0.3) is 0 Å². The van der Waals surface area contributed by atoms with Crippen LogP contribution in [0.5, 0.6) is 0 Å². The summed E-state index contributed by atoms with van der Waals surface area (Å²) in [6.07, 6.45) is 1.56. The quantitative estimate of drug-likeness (QED) is 0.909. The Labute approximate surface area is 119 Å². The Morgan fingerprint density at radius 3 is 2.65 bits per heavy atom. The van der Waals surface area contributed by atoms with Crippen molar-refractivity contribution >= 4 is 10.0 Å². The second-order valence-electron chi connectivity index (χ2n) is 5.67. The Morgan fingerprint density at radius 1 is 1.30 bits per heavy atom. The number of sulfonamides is 1. The molecule has 1 saturated heterocycles. The van der Waals surface area contributed by atoms with E-state index < -0.39 is 21.4 Å². The third-order valence-electron chi connectivity index (χ3n) is 3.80. The topological polar surface area (TPSA) is 57.6 Å². The summed E-state index contributed by atoms with van der Waals surface area (Å²) in [5.74, 6) is -0.520. The van der Waals surface area contributed by atoms with Crippen molar-refractivity contribution in [2.75, 3.05) is 13.1 Å². The first-order valence-corrected chi connectivity index (χ1v) is 8.15. The molecule has 2 rings (SSSR count). The van der Waals surface area contributed by atoms with Crippen LogP contribution in [-0.4, -0.2) is 36.5 Å². The van der Waals surface area contributed by atoms with E-state index in [1.54, 1.807) is 13.8 Å². The van der Waals surface area contributed by atoms with Gasteiger partial charge in [-0.1, -0.05) is 6.07 Å². The van der Waals surface area contributed by atoms with Gasteiger partial charge in [0, 0.05) is 13.1 Å². The first-order valence-electron chi connectivity index (χ1n) is 6.71. The van der Waals surface area contributed by atoms with Gasteiger partial charge < -0.3 is 5.11 Å². The Morgan fingerprint density at radius 2 is 2.00 bits per heavy atom. The lowest BCUT2D eigenvalue weighted by atomic mass is 9.98. The van der Waals surface area contributed by atoms with Crippen LogP contribution in [-0.2, 0) is 10.0 Å². The molecule has 0 spiro atoms. The molecule has 0 radical (unpaired) electrons. The van der Waals surface area contributed by atoms with Crippen LogP contribution in [0.15, 0.2) is 23.1 Å². The molecule has 0 amide bonds. The number of rotatable bonds is 2. The third kappa shape index (κ3) is 3.19. The molecule has 1 N–H and O–H groups in total. The van der Waals surface area contributed by atoms with E-state index in [9.17, 15) is 17.9 Å². The second kappa shape index (κ2) is 5.42. The highest BCUT2D eigenvalue weighted by atomic mass is 32.2. The van der Waals surface area contributed by atoms with Crippen LogP contribution < -0.4 is 0 Å². The molecule has 0 bridgehead atoms. The van der Waals surface area contributed by atoms with E-state index in [4.69, 9.17) is 0 Å². The standard InChI is InChI=1S/C14H20FNO3S/c1-11-4-5-12(10-13(11)15)20(18,19)16-8-3-6-14(2,17)7-9-16/h4-5,10,17H,3,6-9H2,1-2H3. The lowest BCUT2D eigenvalue weighted by Gasteiger charge is -2.22. The Balaban J connectivity index is 2.28. The lowest BCUT2D eigenvalue weighted by molar-refractivity contribution is 0.0465. The minimum absolute atomic E-state index is 0.0258. The highest BCUT2D eigenvalue weighted by molar-refractivity contribution is 7.89. The van der Waals surface area contributed by atoms with Crippen LogP contribution in [0.4, 0.5) is 4.39 Å². The maximum Gasteiger partial charge on any atom is 0.243 e. The summed E-state index contributed by atoms with van der Waals surface area (Å²) in [4.78, 5) is -0.0258. The molecule has 0 saturated carbocycles. The molecule has 1 heterocycles. The van der Waals surface area contributed by atoms with E-state index in [0.29, 0.717) is 31.4 Å². The molecule has 112 valence electrons. The van der Waals surface area contributed by atoms with Crippen LogP contribution in [0, 0.1) is 12.7 Å². The zero-order valence-corrected chi connectivity index (χ0v) is 12.6. The fraction of sp³-hybridized carbons (Fsp3) is 0.571. The maximum atomic E-state index is 13.6. The number of aliphatic hydroxyl groups is 1. The molecule has 0 aliphatic carbocycles. The number of aryl methyl sites for hydroxylation is 1. The SMILES string of the molecule is Cc1ccc(S(=O)(=O)N2CCCC(C)(O)CC2)cc1F. The number of hydrogen-bond acceptors (Lipinski definition) is 3. The van der Waals surface area contributed by atoms with Gasteiger partial charge in [-0.15, -0.1) is 0 Å². The first-order chi connectivity index (χ1) is 9.22. The van der Waals surface area contributed by atoms with Gasteiger partial charge in [0.15, 0.2) is 0 Å². The molecular formula is C14H20FNO3S. The average molecular weight is 301 g/mol. The smallest absolute Gasteiger partial charge is 0.243 e. The van der Waals surface area contributed by atoms with Gasteiger partial charge in [0.05, 0.1) is 10.5 Å². The van der Waals surface area contributed by atoms with E-state index >= 15 is 0 Å². The van der Waals surface area contributed by atoms with Crippen LogP contribution in [0.1, 0.15) is 31.7 Å². The predicted octanol–water partition coefficient (Wildman–Crippen LogP) is 2.06. The summed E-state index contributed by atoms with van der Waals surface area (Å²) in [6, 6.07) is 3.96. The zero-order valence-electron chi connectivity index (χ0n) is 11.8. The molecule has 1 atom stereocenters. The monoisotopic (exact) mass is 301 g/mol. The van der Waals surface area contributed by atoms with Gasteiger partial charge in [-0.05, 0) is 50.8 Å². The van der Waals surface area contributed by atoms with E-state index in [-0.39, 0.29) is 11.4 Å². The molecule has 1 aliphatic rings. The maximum absolute atomic E-state index is 13.6. The molecule has 1 unspecified atom stereocenters. The minimum atomic E-state index is -3.69.